The van der Waals surface area contributed by atoms with Gasteiger partial charge >= 0.3 is 0 Å². The van der Waals surface area contributed by atoms with Crippen molar-refractivity contribution in [1.29, 1.82) is 0 Å². The molecule has 1 aromatic rings. The van der Waals surface area contributed by atoms with Gasteiger partial charge < -0.3 is 25.7 Å². The minimum Gasteiger partial charge on any atom is -0.497 e. The number of benzene rings is 1. The van der Waals surface area contributed by atoms with Crippen molar-refractivity contribution < 1.29 is 19.5 Å². The number of hydrogen-bond acceptors (Lipinski definition) is 5. The van der Waals surface area contributed by atoms with Crippen LogP contribution in [0.25, 0.3) is 0 Å². The molecular formula is C14H21N3O4. The van der Waals surface area contributed by atoms with E-state index in [0.29, 0.717) is 17.1 Å². The Morgan fingerprint density at radius 2 is 1.81 bits per heavy atom. The first-order valence-electron chi connectivity index (χ1n) is 6.33. The Kier molecular flexibility index (Phi) is 5.40. The number of nitrogens with one attached hydrogen (secondary N) is 1. The van der Waals surface area contributed by atoms with Gasteiger partial charge in [0.1, 0.15) is 17.3 Å². The van der Waals surface area contributed by atoms with Crippen LogP contribution in [0.15, 0.2) is 23.4 Å². The molecule has 0 aliphatic heterocycles. The number of hydrogen-bond donors (Lipinski definition) is 3. The maximum absolute atomic E-state index is 12.2. The molecule has 1 aromatic carbocycles. The fourth-order valence-corrected chi connectivity index (χ4v) is 1.57. The zero-order valence-corrected chi connectivity index (χ0v) is 12.6. The van der Waals surface area contributed by atoms with E-state index in [2.05, 4.69) is 10.5 Å². The first kappa shape index (κ1) is 16.6. The molecule has 0 aliphatic rings. The van der Waals surface area contributed by atoms with Gasteiger partial charge in [-0.05, 0) is 12.1 Å². The van der Waals surface area contributed by atoms with Crippen LogP contribution in [-0.4, -0.2) is 37.7 Å². The molecule has 4 N–H and O–H groups in total. The van der Waals surface area contributed by atoms with Crippen LogP contribution in [0.1, 0.15) is 24.2 Å². The lowest BCUT2D eigenvalue weighted by Gasteiger charge is -2.23. The van der Waals surface area contributed by atoms with Crippen LogP contribution >= 0.6 is 0 Å². The van der Waals surface area contributed by atoms with Gasteiger partial charge in [-0.1, -0.05) is 19.0 Å². The van der Waals surface area contributed by atoms with Gasteiger partial charge in [0, 0.05) is 23.6 Å². The van der Waals surface area contributed by atoms with Crippen molar-refractivity contribution >= 4 is 11.7 Å². The number of ether oxygens (including phenoxy) is 2. The van der Waals surface area contributed by atoms with Gasteiger partial charge in [-0.3, -0.25) is 4.79 Å². The van der Waals surface area contributed by atoms with Gasteiger partial charge in [0.05, 0.1) is 14.2 Å². The molecule has 0 aromatic heterocycles. The highest BCUT2D eigenvalue weighted by Gasteiger charge is 2.24. The van der Waals surface area contributed by atoms with Gasteiger partial charge in [-0.15, -0.1) is 0 Å². The van der Waals surface area contributed by atoms with E-state index in [1.165, 1.54) is 14.2 Å². The van der Waals surface area contributed by atoms with Crippen LogP contribution in [0, 0.1) is 5.41 Å². The van der Waals surface area contributed by atoms with Crippen molar-refractivity contribution in [1.82, 2.24) is 5.32 Å². The van der Waals surface area contributed by atoms with Crippen molar-refractivity contribution in [2.75, 3.05) is 20.8 Å². The molecule has 0 aliphatic carbocycles. The lowest BCUT2D eigenvalue weighted by atomic mass is 9.92. The topological polar surface area (TPSA) is 106 Å². The number of nitrogens with two attached hydrogens (primary N) is 1. The summed E-state index contributed by atoms with van der Waals surface area (Å²) in [6.07, 6.45) is 0. The van der Waals surface area contributed by atoms with Crippen molar-refractivity contribution in [2.45, 2.75) is 13.8 Å². The monoisotopic (exact) mass is 295 g/mol. The van der Waals surface area contributed by atoms with E-state index in [0.717, 1.165) is 0 Å². The summed E-state index contributed by atoms with van der Waals surface area (Å²) < 4.78 is 10.2. The summed E-state index contributed by atoms with van der Waals surface area (Å²) in [6.45, 7) is 3.74. The van der Waals surface area contributed by atoms with E-state index in [1.807, 2.05) is 0 Å². The van der Waals surface area contributed by atoms with E-state index in [1.54, 1.807) is 32.0 Å². The first-order chi connectivity index (χ1) is 9.83. The normalized spacial score (nSPS) is 11.9. The van der Waals surface area contributed by atoms with Gasteiger partial charge in [0.15, 0.2) is 0 Å². The van der Waals surface area contributed by atoms with Crippen molar-refractivity contribution in [3.8, 4) is 11.5 Å². The molecule has 0 atom stereocenters. The standard InChI is InChI=1S/C14H21N3O4/c1-14(2,13(15)17-19)8-16-12(18)9-5-10(20-3)7-11(6-9)21-4/h5-7,19H,8H2,1-4H3,(H2,15,17)(H,16,18). The van der Waals surface area contributed by atoms with Gasteiger partial charge in [-0.2, -0.15) is 0 Å². The quantitative estimate of drug-likeness (QED) is 0.316. The average molecular weight is 295 g/mol. The maximum atomic E-state index is 12.2. The van der Waals surface area contributed by atoms with Crippen LogP contribution in [0.5, 0.6) is 11.5 Å². The van der Waals surface area contributed by atoms with Crippen LogP contribution < -0.4 is 20.5 Å². The van der Waals surface area contributed by atoms with Gasteiger partial charge in [-0.25, -0.2) is 0 Å². The molecule has 0 fully saturated rings. The molecule has 116 valence electrons. The summed E-state index contributed by atoms with van der Waals surface area (Å²) in [4.78, 5) is 12.2. The number of nitrogens with zero attached hydrogens (tertiary/aromatic N) is 1. The fraction of sp³-hybridized carbons (Fsp3) is 0.429. The smallest absolute Gasteiger partial charge is 0.251 e. The van der Waals surface area contributed by atoms with E-state index in [9.17, 15) is 4.79 Å². The molecule has 0 radical (unpaired) electrons. The van der Waals surface area contributed by atoms with Crippen molar-refractivity contribution in [2.24, 2.45) is 16.3 Å². The highest BCUT2D eigenvalue weighted by Crippen LogP contribution is 2.22. The number of rotatable bonds is 6. The van der Waals surface area contributed by atoms with E-state index >= 15 is 0 Å². The Hall–Kier alpha value is -2.44. The summed E-state index contributed by atoms with van der Waals surface area (Å²) >= 11 is 0. The largest absolute Gasteiger partial charge is 0.497 e. The number of oxime groups is 1. The van der Waals surface area contributed by atoms with Crippen LogP contribution in [0.2, 0.25) is 0 Å². The molecule has 0 unspecified atom stereocenters. The number of carbonyl (C=O) groups is 1. The zero-order valence-electron chi connectivity index (χ0n) is 12.6. The summed E-state index contributed by atoms with van der Waals surface area (Å²) in [6, 6.07) is 4.89. The predicted octanol–water partition coefficient (Wildman–Crippen LogP) is 1.21. The second-order valence-corrected chi connectivity index (χ2v) is 5.15. The van der Waals surface area contributed by atoms with Crippen molar-refractivity contribution in [3.63, 3.8) is 0 Å². The molecule has 0 heterocycles. The van der Waals surface area contributed by atoms with E-state index in [-0.39, 0.29) is 18.3 Å². The average Bonchev–Trinajstić information content (AvgIpc) is 2.50. The third kappa shape index (κ3) is 4.27. The second kappa shape index (κ2) is 6.83. The molecule has 0 spiro atoms. The van der Waals surface area contributed by atoms with Crippen LogP contribution in [-0.2, 0) is 0 Å². The molecular weight excluding hydrogens is 274 g/mol. The Bertz CT molecular complexity index is 519. The Labute approximate surface area is 123 Å². The Balaban J connectivity index is 2.85. The second-order valence-electron chi connectivity index (χ2n) is 5.15. The van der Waals surface area contributed by atoms with E-state index < -0.39 is 5.41 Å². The van der Waals surface area contributed by atoms with Crippen LogP contribution in [0.3, 0.4) is 0 Å². The maximum Gasteiger partial charge on any atom is 0.251 e. The highest BCUT2D eigenvalue weighted by molar-refractivity contribution is 5.95. The third-order valence-corrected chi connectivity index (χ3v) is 3.11. The number of methoxy groups -OCH3 is 2. The first-order valence-corrected chi connectivity index (χ1v) is 6.33. The number of carbonyl (C=O) groups excluding carboxylic acids is 1. The predicted molar refractivity (Wildman–Crippen MR) is 79.1 cm³/mol. The lowest BCUT2D eigenvalue weighted by Crippen LogP contribution is -2.42. The SMILES string of the molecule is COc1cc(OC)cc(C(=O)NCC(C)(C)/C(N)=N/O)c1. The summed E-state index contributed by atoms with van der Waals surface area (Å²) in [5.41, 5.74) is 5.32. The van der Waals surface area contributed by atoms with E-state index in [4.69, 9.17) is 20.4 Å². The number of amidine groups is 1. The Morgan fingerprint density at radius 3 is 2.24 bits per heavy atom. The minimum atomic E-state index is -0.659. The third-order valence-electron chi connectivity index (χ3n) is 3.11. The van der Waals surface area contributed by atoms with Crippen molar-refractivity contribution in [3.05, 3.63) is 23.8 Å². The molecule has 0 saturated carbocycles. The molecule has 0 saturated heterocycles. The molecule has 7 heteroatoms. The minimum absolute atomic E-state index is 0.0472. The Morgan fingerprint density at radius 1 is 1.29 bits per heavy atom. The molecule has 7 nitrogen and oxygen atoms in total. The summed E-state index contributed by atoms with van der Waals surface area (Å²) in [7, 11) is 3.02. The van der Waals surface area contributed by atoms with Crippen LogP contribution in [0.4, 0.5) is 0 Å². The highest BCUT2D eigenvalue weighted by atomic mass is 16.5. The summed E-state index contributed by atoms with van der Waals surface area (Å²) in [5, 5.41) is 14.4. The number of amides is 1. The van der Waals surface area contributed by atoms with Gasteiger partial charge in [0.2, 0.25) is 0 Å². The molecule has 21 heavy (non-hydrogen) atoms. The molecule has 1 rings (SSSR count). The molecule has 0 bridgehead atoms. The zero-order chi connectivity index (χ0) is 16.0. The fourth-order valence-electron chi connectivity index (χ4n) is 1.57. The lowest BCUT2D eigenvalue weighted by molar-refractivity contribution is 0.0943. The van der Waals surface area contributed by atoms with Gasteiger partial charge in [0.25, 0.3) is 5.91 Å². The summed E-state index contributed by atoms with van der Waals surface area (Å²) in [5.74, 6) is 0.794. The molecule has 1 amide bonds.